The second-order valence-electron chi connectivity index (χ2n) is 6.85. The number of methoxy groups -OCH3 is 1. The van der Waals surface area contributed by atoms with E-state index in [0.717, 1.165) is 27.7 Å². The van der Waals surface area contributed by atoms with Crippen LogP contribution in [0, 0.1) is 6.92 Å². The molecular formula is C23H22N2O3S. The molecule has 0 radical (unpaired) electrons. The predicted octanol–water partition coefficient (Wildman–Crippen LogP) is 5.07. The summed E-state index contributed by atoms with van der Waals surface area (Å²) in [6, 6.07) is 19.4. The largest absolute Gasteiger partial charge is 0.497 e. The van der Waals surface area contributed by atoms with Crippen LogP contribution in [0.15, 0.2) is 81.3 Å². The maximum absolute atomic E-state index is 13.0. The van der Waals surface area contributed by atoms with Crippen LogP contribution in [0.2, 0.25) is 0 Å². The van der Waals surface area contributed by atoms with E-state index in [1.54, 1.807) is 18.4 Å². The fourth-order valence-corrected chi connectivity index (χ4v) is 4.00. The van der Waals surface area contributed by atoms with Crippen molar-refractivity contribution < 1.29 is 13.9 Å². The van der Waals surface area contributed by atoms with Crippen LogP contribution in [0.5, 0.6) is 5.75 Å². The zero-order valence-electron chi connectivity index (χ0n) is 16.4. The van der Waals surface area contributed by atoms with Crippen molar-refractivity contribution >= 4 is 23.4 Å². The van der Waals surface area contributed by atoms with Crippen molar-refractivity contribution in [2.45, 2.75) is 24.3 Å². The van der Waals surface area contributed by atoms with E-state index < -0.39 is 0 Å². The number of benzene rings is 2. The lowest BCUT2D eigenvalue weighted by atomic mass is 10.0. The minimum absolute atomic E-state index is 0.0469. The molecule has 1 atom stereocenters. The molecule has 4 rings (SSSR count). The Kier molecular flexibility index (Phi) is 5.71. The van der Waals surface area contributed by atoms with Gasteiger partial charge in [0.25, 0.3) is 5.91 Å². The molecule has 0 fully saturated rings. The molecule has 0 aliphatic carbocycles. The van der Waals surface area contributed by atoms with Gasteiger partial charge >= 0.3 is 0 Å². The topological polar surface area (TPSA) is 55.0 Å². The second-order valence-corrected chi connectivity index (χ2v) is 7.90. The molecule has 1 aromatic heterocycles. The van der Waals surface area contributed by atoms with E-state index in [2.05, 4.69) is 24.2 Å². The lowest BCUT2D eigenvalue weighted by Gasteiger charge is -2.19. The van der Waals surface area contributed by atoms with Crippen LogP contribution in [0.3, 0.4) is 0 Å². The van der Waals surface area contributed by atoms with E-state index >= 15 is 0 Å². The molecule has 5 nitrogen and oxygen atoms in total. The summed E-state index contributed by atoms with van der Waals surface area (Å²) in [4.78, 5) is 14.0. The highest BCUT2D eigenvalue weighted by Crippen LogP contribution is 2.34. The molecule has 0 bridgehead atoms. The summed E-state index contributed by atoms with van der Waals surface area (Å²) in [5.74, 6) is 1.80. The number of furan rings is 1. The molecule has 1 aliphatic rings. The van der Waals surface area contributed by atoms with Crippen molar-refractivity contribution in [3.05, 3.63) is 83.8 Å². The number of hydrazone groups is 1. The molecular weight excluding hydrogens is 384 g/mol. The average Bonchev–Trinajstić information content (AvgIpc) is 3.43. The third kappa shape index (κ3) is 4.38. The highest BCUT2D eigenvalue weighted by Gasteiger charge is 2.34. The van der Waals surface area contributed by atoms with Gasteiger partial charge in [0.2, 0.25) is 0 Å². The summed E-state index contributed by atoms with van der Waals surface area (Å²) in [6.45, 7) is 2.05. The van der Waals surface area contributed by atoms with Crippen LogP contribution < -0.4 is 4.74 Å². The Labute approximate surface area is 174 Å². The molecule has 0 saturated heterocycles. The predicted molar refractivity (Wildman–Crippen MR) is 114 cm³/mol. The van der Waals surface area contributed by atoms with E-state index in [1.165, 1.54) is 17.3 Å². The van der Waals surface area contributed by atoms with Gasteiger partial charge in [0.15, 0.2) is 0 Å². The van der Waals surface area contributed by atoms with Gasteiger partial charge in [-0.1, -0.05) is 29.8 Å². The van der Waals surface area contributed by atoms with Crippen molar-refractivity contribution in [3.63, 3.8) is 0 Å². The van der Waals surface area contributed by atoms with Gasteiger partial charge in [-0.05, 0) is 48.9 Å². The number of hydrogen-bond donors (Lipinski definition) is 0. The number of hydrogen-bond acceptors (Lipinski definition) is 5. The quantitative estimate of drug-likeness (QED) is 0.537. The Morgan fingerprint density at radius 3 is 2.59 bits per heavy atom. The zero-order chi connectivity index (χ0) is 20.2. The Hall–Kier alpha value is -2.99. The average molecular weight is 407 g/mol. The van der Waals surface area contributed by atoms with Crippen LogP contribution in [0.4, 0.5) is 0 Å². The first kappa shape index (κ1) is 19.3. The number of ether oxygens (including phenoxy) is 1. The van der Waals surface area contributed by atoms with E-state index in [0.29, 0.717) is 12.2 Å². The third-order valence-electron chi connectivity index (χ3n) is 4.84. The fourth-order valence-electron chi connectivity index (χ4n) is 3.25. The van der Waals surface area contributed by atoms with Crippen LogP contribution in [-0.4, -0.2) is 29.5 Å². The number of thioether (sulfide) groups is 1. The summed E-state index contributed by atoms with van der Waals surface area (Å²) < 4.78 is 10.8. The first-order chi connectivity index (χ1) is 14.1. The molecule has 0 unspecified atom stereocenters. The minimum Gasteiger partial charge on any atom is -0.497 e. The van der Waals surface area contributed by atoms with Gasteiger partial charge in [0.05, 0.1) is 24.8 Å². The van der Waals surface area contributed by atoms with E-state index in [1.807, 2.05) is 48.5 Å². The summed E-state index contributed by atoms with van der Waals surface area (Å²) in [5, 5.41) is 6.25. The normalized spacial score (nSPS) is 16.0. The second kappa shape index (κ2) is 8.57. The van der Waals surface area contributed by atoms with Crippen LogP contribution >= 0.6 is 11.8 Å². The molecule has 3 aromatic rings. The summed E-state index contributed by atoms with van der Waals surface area (Å²) >= 11 is 1.49. The SMILES string of the molecule is COc1ccc(SCC(=O)N2N=C(c3ccc(C)cc3)C[C@@H]2c2ccco2)cc1. The molecule has 0 N–H and O–H groups in total. The van der Waals surface area contributed by atoms with Crippen molar-refractivity contribution in [2.24, 2.45) is 5.10 Å². The number of amides is 1. The molecule has 0 spiro atoms. The number of carbonyl (C=O) groups is 1. The van der Waals surface area contributed by atoms with Gasteiger partial charge in [-0.15, -0.1) is 11.8 Å². The Balaban J connectivity index is 1.52. The Morgan fingerprint density at radius 1 is 1.17 bits per heavy atom. The van der Waals surface area contributed by atoms with E-state index in [-0.39, 0.29) is 11.9 Å². The molecule has 2 heterocycles. The highest BCUT2D eigenvalue weighted by molar-refractivity contribution is 8.00. The van der Waals surface area contributed by atoms with Crippen LogP contribution in [0.25, 0.3) is 0 Å². The lowest BCUT2D eigenvalue weighted by molar-refractivity contribution is -0.130. The van der Waals surface area contributed by atoms with Gasteiger partial charge < -0.3 is 9.15 Å². The molecule has 148 valence electrons. The molecule has 29 heavy (non-hydrogen) atoms. The Morgan fingerprint density at radius 2 is 1.93 bits per heavy atom. The zero-order valence-corrected chi connectivity index (χ0v) is 17.2. The van der Waals surface area contributed by atoms with Crippen LogP contribution in [-0.2, 0) is 4.79 Å². The van der Waals surface area contributed by atoms with Crippen molar-refractivity contribution in [2.75, 3.05) is 12.9 Å². The van der Waals surface area contributed by atoms with E-state index in [4.69, 9.17) is 9.15 Å². The van der Waals surface area contributed by atoms with Crippen molar-refractivity contribution in [3.8, 4) is 5.75 Å². The van der Waals surface area contributed by atoms with Crippen molar-refractivity contribution in [1.29, 1.82) is 0 Å². The first-order valence-electron chi connectivity index (χ1n) is 9.41. The maximum atomic E-state index is 13.0. The number of rotatable bonds is 6. The minimum atomic E-state index is -0.217. The summed E-state index contributed by atoms with van der Waals surface area (Å²) in [5.41, 5.74) is 3.12. The van der Waals surface area contributed by atoms with Gasteiger partial charge in [-0.2, -0.15) is 5.10 Å². The highest BCUT2D eigenvalue weighted by atomic mass is 32.2. The molecule has 1 amide bonds. The maximum Gasteiger partial charge on any atom is 0.253 e. The molecule has 1 aliphatic heterocycles. The summed E-state index contributed by atoms with van der Waals surface area (Å²) in [7, 11) is 1.64. The standard InChI is InChI=1S/C23H22N2O3S/c1-16-5-7-17(8-6-16)20-14-21(22-4-3-13-28-22)25(24-20)23(26)15-29-19-11-9-18(27-2)10-12-19/h3-13,21H,14-15H2,1-2H3/t21-/m1/s1. The lowest BCUT2D eigenvalue weighted by Crippen LogP contribution is -2.28. The van der Waals surface area contributed by atoms with Gasteiger partial charge in [-0.25, -0.2) is 5.01 Å². The first-order valence-corrected chi connectivity index (χ1v) is 10.4. The van der Waals surface area contributed by atoms with Gasteiger partial charge in [-0.3, -0.25) is 4.79 Å². The number of aryl methyl sites for hydroxylation is 1. The monoisotopic (exact) mass is 406 g/mol. The van der Waals surface area contributed by atoms with E-state index in [9.17, 15) is 4.79 Å². The van der Waals surface area contributed by atoms with Gasteiger partial charge in [0.1, 0.15) is 17.6 Å². The molecule has 0 saturated carbocycles. The number of carbonyl (C=O) groups excluding carboxylic acids is 1. The van der Waals surface area contributed by atoms with Crippen LogP contribution in [0.1, 0.15) is 29.3 Å². The van der Waals surface area contributed by atoms with Crippen molar-refractivity contribution in [1.82, 2.24) is 5.01 Å². The summed E-state index contributed by atoms with van der Waals surface area (Å²) in [6.07, 6.45) is 2.27. The molecule has 6 heteroatoms. The fraction of sp³-hybridized carbons (Fsp3) is 0.217. The molecule has 2 aromatic carbocycles. The smallest absolute Gasteiger partial charge is 0.253 e. The Bertz CT molecular complexity index is 996. The third-order valence-corrected chi connectivity index (χ3v) is 5.84. The number of nitrogens with zero attached hydrogens (tertiary/aromatic N) is 2. The van der Waals surface area contributed by atoms with Gasteiger partial charge in [0, 0.05) is 11.3 Å².